The third-order valence-corrected chi connectivity index (χ3v) is 5.33. The average molecular weight is 460 g/mol. The van der Waals surface area contributed by atoms with E-state index in [1.54, 1.807) is 24.3 Å². The standard InChI is InChI=1S/C22H22F2N4O5/c1-22(13-3-8-16(23)17(24)11-13)20(31)28(21(32)26-22)12-19(30)27(10-9-18(25)29)14-4-6-15(33-2)7-5-14/h3-8,11H,9-10,12H2,1-2H3,(H2,25,29)(H,26,32)/t22-/m1/s1. The minimum absolute atomic E-state index is 0.0236. The molecule has 3 N–H and O–H groups in total. The highest BCUT2D eigenvalue weighted by atomic mass is 19.2. The highest BCUT2D eigenvalue weighted by Gasteiger charge is 2.50. The monoisotopic (exact) mass is 460 g/mol. The van der Waals surface area contributed by atoms with Crippen LogP contribution in [0.25, 0.3) is 0 Å². The Bertz CT molecular complexity index is 1110. The lowest BCUT2D eigenvalue weighted by molar-refractivity contribution is -0.134. The van der Waals surface area contributed by atoms with Crippen LogP contribution < -0.4 is 20.7 Å². The van der Waals surface area contributed by atoms with Crippen LogP contribution in [0.1, 0.15) is 18.9 Å². The van der Waals surface area contributed by atoms with Crippen molar-refractivity contribution in [2.75, 3.05) is 25.1 Å². The number of carbonyl (C=O) groups is 4. The summed E-state index contributed by atoms with van der Waals surface area (Å²) in [5.74, 6) is -3.84. The van der Waals surface area contributed by atoms with Crippen LogP contribution in [0.2, 0.25) is 0 Å². The summed E-state index contributed by atoms with van der Waals surface area (Å²) in [6.45, 7) is 0.609. The number of methoxy groups -OCH3 is 1. The predicted octanol–water partition coefficient (Wildman–Crippen LogP) is 1.65. The van der Waals surface area contributed by atoms with Crippen LogP contribution >= 0.6 is 0 Å². The molecule has 1 saturated heterocycles. The number of carbonyl (C=O) groups excluding carboxylic acids is 4. The first kappa shape index (κ1) is 23.6. The summed E-state index contributed by atoms with van der Waals surface area (Å²) in [5.41, 5.74) is 3.95. The van der Waals surface area contributed by atoms with Gasteiger partial charge in [-0.3, -0.25) is 19.3 Å². The number of hydrogen-bond donors (Lipinski definition) is 2. The fourth-order valence-electron chi connectivity index (χ4n) is 3.45. The summed E-state index contributed by atoms with van der Waals surface area (Å²) in [6.07, 6.45) is -0.148. The summed E-state index contributed by atoms with van der Waals surface area (Å²) in [7, 11) is 1.48. The van der Waals surface area contributed by atoms with Gasteiger partial charge in [0.25, 0.3) is 5.91 Å². The van der Waals surface area contributed by atoms with Crippen LogP contribution in [0.4, 0.5) is 19.3 Å². The molecular weight excluding hydrogens is 438 g/mol. The van der Waals surface area contributed by atoms with Gasteiger partial charge in [-0.2, -0.15) is 0 Å². The Morgan fingerprint density at radius 3 is 2.36 bits per heavy atom. The fraction of sp³-hybridized carbons (Fsp3) is 0.273. The highest BCUT2D eigenvalue weighted by molar-refractivity contribution is 6.10. The third-order valence-electron chi connectivity index (χ3n) is 5.33. The molecule has 2 aromatic carbocycles. The number of imide groups is 1. The number of anilines is 1. The molecule has 1 aliphatic heterocycles. The van der Waals surface area contributed by atoms with Gasteiger partial charge in [0.05, 0.1) is 7.11 Å². The summed E-state index contributed by atoms with van der Waals surface area (Å²) in [4.78, 5) is 51.8. The average Bonchev–Trinajstić information content (AvgIpc) is 2.99. The predicted molar refractivity (Wildman–Crippen MR) is 113 cm³/mol. The second-order valence-corrected chi connectivity index (χ2v) is 7.54. The van der Waals surface area contributed by atoms with Crippen LogP contribution in [0, 0.1) is 11.6 Å². The maximum atomic E-state index is 13.7. The molecule has 9 nitrogen and oxygen atoms in total. The second kappa shape index (κ2) is 9.23. The number of ether oxygens (including phenoxy) is 1. The van der Waals surface area contributed by atoms with E-state index in [9.17, 15) is 28.0 Å². The summed E-state index contributed by atoms with van der Waals surface area (Å²) < 4.78 is 32.1. The molecule has 11 heteroatoms. The van der Waals surface area contributed by atoms with Crippen molar-refractivity contribution in [2.45, 2.75) is 18.9 Å². The van der Waals surface area contributed by atoms with Gasteiger partial charge < -0.3 is 20.7 Å². The zero-order valence-electron chi connectivity index (χ0n) is 17.9. The largest absolute Gasteiger partial charge is 0.497 e. The molecule has 3 rings (SSSR count). The molecule has 1 atom stereocenters. The van der Waals surface area contributed by atoms with Crippen LogP contribution in [0.15, 0.2) is 42.5 Å². The third kappa shape index (κ3) is 4.76. The molecule has 5 amide bonds. The van der Waals surface area contributed by atoms with E-state index >= 15 is 0 Å². The first-order valence-electron chi connectivity index (χ1n) is 9.89. The Morgan fingerprint density at radius 1 is 1.12 bits per heavy atom. The van der Waals surface area contributed by atoms with E-state index in [4.69, 9.17) is 10.5 Å². The van der Waals surface area contributed by atoms with Crippen LogP contribution in [0.5, 0.6) is 5.75 Å². The molecule has 0 spiro atoms. The molecule has 33 heavy (non-hydrogen) atoms. The van der Waals surface area contributed by atoms with Gasteiger partial charge in [0.1, 0.15) is 17.8 Å². The molecule has 0 aliphatic carbocycles. The number of benzene rings is 2. The van der Waals surface area contributed by atoms with Gasteiger partial charge in [0.2, 0.25) is 11.8 Å². The normalized spacial score (nSPS) is 17.6. The molecular formula is C22H22F2N4O5. The van der Waals surface area contributed by atoms with E-state index in [2.05, 4.69) is 5.32 Å². The number of amides is 5. The lowest BCUT2D eigenvalue weighted by Gasteiger charge is -2.25. The lowest BCUT2D eigenvalue weighted by Crippen LogP contribution is -2.45. The van der Waals surface area contributed by atoms with Gasteiger partial charge in [-0.25, -0.2) is 13.6 Å². The van der Waals surface area contributed by atoms with Crippen molar-refractivity contribution in [3.05, 3.63) is 59.7 Å². The first-order chi connectivity index (χ1) is 15.6. The quantitative estimate of drug-likeness (QED) is 0.580. The summed E-state index contributed by atoms with van der Waals surface area (Å²) >= 11 is 0. The van der Waals surface area contributed by atoms with E-state index < -0.39 is 47.5 Å². The Balaban J connectivity index is 1.84. The minimum Gasteiger partial charge on any atom is -0.497 e. The topological polar surface area (TPSA) is 122 Å². The molecule has 2 aromatic rings. The van der Waals surface area contributed by atoms with Crippen molar-refractivity contribution in [3.63, 3.8) is 0 Å². The van der Waals surface area contributed by atoms with Gasteiger partial charge in [-0.1, -0.05) is 6.07 Å². The van der Waals surface area contributed by atoms with Gasteiger partial charge in [0, 0.05) is 18.7 Å². The molecule has 0 unspecified atom stereocenters. The van der Waals surface area contributed by atoms with Gasteiger partial charge in [-0.15, -0.1) is 0 Å². The maximum absolute atomic E-state index is 13.7. The second-order valence-electron chi connectivity index (χ2n) is 7.54. The van der Waals surface area contributed by atoms with Crippen LogP contribution in [0.3, 0.4) is 0 Å². The zero-order valence-corrected chi connectivity index (χ0v) is 17.9. The van der Waals surface area contributed by atoms with E-state index in [0.717, 1.165) is 12.1 Å². The lowest BCUT2D eigenvalue weighted by atomic mass is 9.92. The number of primary amides is 1. The molecule has 174 valence electrons. The maximum Gasteiger partial charge on any atom is 0.325 e. The van der Waals surface area contributed by atoms with Gasteiger partial charge in [-0.05, 0) is 48.9 Å². The van der Waals surface area contributed by atoms with Crippen molar-refractivity contribution in [3.8, 4) is 5.75 Å². The molecule has 0 radical (unpaired) electrons. The number of rotatable bonds is 8. The number of nitrogens with zero attached hydrogens (tertiary/aromatic N) is 2. The smallest absolute Gasteiger partial charge is 0.325 e. The SMILES string of the molecule is COc1ccc(N(CCC(N)=O)C(=O)CN2C(=O)N[C@](C)(c3ccc(F)c(F)c3)C2=O)cc1. The summed E-state index contributed by atoms with van der Waals surface area (Å²) in [6, 6.07) is 8.34. The number of halogens is 2. The van der Waals surface area contributed by atoms with E-state index in [1.807, 2.05) is 0 Å². The van der Waals surface area contributed by atoms with Crippen molar-refractivity contribution in [1.82, 2.24) is 10.2 Å². The Morgan fingerprint density at radius 2 is 1.79 bits per heavy atom. The number of hydrogen-bond acceptors (Lipinski definition) is 5. The number of nitrogens with one attached hydrogen (secondary N) is 1. The van der Waals surface area contributed by atoms with Crippen molar-refractivity contribution < 1.29 is 32.7 Å². The van der Waals surface area contributed by atoms with Crippen LogP contribution in [-0.4, -0.2) is 48.9 Å². The minimum atomic E-state index is -1.69. The highest BCUT2D eigenvalue weighted by Crippen LogP contribution is 2.30. The Labute approximate surface area is 188 Å². The van der Waals surface area contributed by atoms with Gasteiger partial charge in [0.15, 0.2) is 11.6 Å². The Hall–Kier alpha value is -4.02. The van der Waals surface area contributed by atoms with Crippen LogP contribution in [-0.2, 0) is 19.9 Å². The number of nitrogens with two attached hydrogens (primary N) is 1. The van der Waals surface area contributed by atoms with Gasteiger partial charge >= 0.3 is 6.03 Å². The van der Waals surface area contributed by atoms with Crippen molar-refractivity contribution >= 4 is 29.4 Å². The molecule has 0 bridgehead atoms. The van der Waals surface area contributed by atoms with E-state index in [-0.39, 0.29) is 18.5 Å². The molecule has 0 saturated carbocycles. The first-order valence-corrected chi connectivity index (χ1v) is 9.89. The zero-order chi connectivity index (χ0) is 24.3. The van der Waals surface area contributed by atoms with E-state index in [0.29, 0.717) is 16.3 Å². The number of urea groups is 1. The summed E-state index contributed by atoms with van der Waals surface area (Å²) in [5, 5.41) is 2.43. The molecule has 1 heterocycles. The van der Waals surface area contributed by atoms with Crippen molar-refractivity contribution in [2.24, 2.45) is 5.73 Å². The molecule has 0 aromatic heterocycles. The molecule has 1 fully saturated rings. The van der Waals surface area contributed by atoms with E-state index in [1.165, 1.54) is 25.0 Å². The Kier molecular flexibility index (Phi) is 6.61. The van der Waals surface area contributed by atoms with Crippen molar-refractivity contribution in [1.29, 1.82) is 0 Å². The fourth-order valence-corrected chi connectivity index (χ4v) is 3.45. The molecule has 1 aliphatic rings.